The van der Waals surface area contributed by atoms with Crippen molar-refractivity contribution in [1.29, 1.82) is 0 Å². The second kappa shape index (κ2) is 8.55. The van der Waals surface area contributed by atoms with E-state index in [4.69, 9.17) is 22.1 Å². The second-order valence-corrected chi connectivity index (χ2v) is 6.34. The lowest BCUT2D eigenvalue weighted by atomic mass is 10.1. The van der Waals surface area contributed by atoms with Gasteiger partial charge in [0, 0.05) is 11.4 Å². The van der Waals surface area contributed by atoms with Gasteiger partial charge in [-0.25, -0.2) is 0 Å². The molecule has 1 atom stereocenters. The number of primary amides is 1. The largest absolute Gasteiger partial charge is 0.492 e. The molecule has 0 saturated carbocycles. The van der Waals surface area contributed by atoms with E-state index in [0.29, 0.717) is 29.6 Å². The van der Waals surface area contributed by atoms with Crippen molar-refractivity contribution in [3.63, 3.8) is 0 Å². The first-order valence-corrected chi connectivity index (χ1v) is 8.80. The van der Waals surface area contributed by atoms with Crippen molar-refractivity contribution >= 4 is 34.8 Å². The zero-order chi connectivity index (χ0) is 19.2. The number of nitrogens with two attached hydrogens (primary N) is 1. The van der Waals surface area contributed by atoms with Crippen LogP contribution >= 0.6 is 11.6 Å². The zero-order valence-corrected chi connectivity index (χ0v) is 15.2. The van der Waals surface area contributed by atoms with E-state index in [-0.39, 0.29) is 18.0 Å². The number of rotatable bonds is 7. The van der Waals surface area contributed by atoms with Crippen LogP contribution in [0.2, 0.25) is 5.02 Å². The molecule has 140 valence electrons. The zero-order valence-electron chi connectivity index (χ0n) is 14.5. The van der Waals surface area contributed by atoms with Crippen molar-refractivity contribution in [2.45, 2.75) is 12.5 Å². The van der Waals surface area contributed by atoms with Gasteiger partial charge in [-0.1, -0.05) is 29.8 Å². The fourth-order valence-corrected chi connectivity index (χ4v) is 2.78. The van der Waals surface area contributed by atoms with Gasteiger partial charge in [0.1, 0.15) is 24.1 Å². The lowest BCUT2D eigenvalue weighted by molar-refractivity contribution is -0.119. The van der Waals surface area contributed by atoms with E-state index in [1.807, 2.05) is 18.2 Å². The van der Waals surface area contributed by atoms with Gasteiger partial charge in [-0.2, -0.15) is 5.10 Å². The molecule has 1 aliphatic rings. The predicted molar refractivity (Wildman–Crippen MR) is 104 cm³/mol. The Morgan fingerprint density at radius 2 is 1.89 bits per heavy atom. The molecule has 0 bridgehead atoms. The van der Waals surface area contributed by atoms with E-state index < -0.39 is 11.9 Å². The van der Waals surface area contributed by atoms with Gasteiger partial charge in [-0.15, -0.1) is 0 Å². The topological polar surface area (TPSA) is 97.0 Å². The SMILES string of the molecule is NC(=O)C1CC(C(=O)NCCOc2ccc(Cl)cc2)=NN1c1ccccc1. The highest BCUT2D eigenvalue weighted by atomic mass is 35.5. The summed E-state index contributed by atoms with van der Waals surface area (Å²) >= 11 is 5.81. The fraction of sp³-hybridized carbons (Fsp3) is 0.211. The van der Waals surface area contributed by atoms with E-state index in [0.717, 1.165) is 0 Å². The molecule has 0 saturated heterocycles. The van der Waals surface area contributed by atoms with Gasteiger partial charge >= 0.3 is 0 Å². The summed E-state index contributed by atoms with van der Waals surface area (Å²) in [5.41, 5.74) is 6.43. The first-order chi connectivity index (χ1) is 13.0. The predicted octanol–water partition coefficient (Wildman–Crippen LogP) is 1.96. The smallest absolute Gasteiger partial charge is 0.267 e. The summed E-state index contributed by atoms with van der Waals surface area (Å²) in [6.07, 6.45) is 0.161. The van der Waals surface area contributed by atoms with Gasteiger partial charge in [0.25, 0.3) is 5.91 Å². The molecule has 1 aliphatic heterocycles. The molecule has 2 aromatic rings. The first kappa shape index (κ1) is 18.7. The van der Waals surface area contributed by atoms with Crippen molar-refractivity contribution in [2.24, 2.45) is 10.8 Å². The Morgan fingerprint density at radius 3 is 2.56 bits per heavy atom. The van der Waals surface area contributed by atoms with Crippen LogP contribution in [0.3, 0.4) is 0 Å². The summed E-state index contributed by atoms with van der Waals surface area (Å²) in [5, 5.41) is 9.14. The summed E-state index contributed by atoms with van der Waals surface area (Å²) in [6.45, 7) is 0.593. The number of hydrogen-bond acceptors (Lipinski definition) is 5. The number of amides is 2. The van der Waals surface area contributed by atoms with Gasteiger partial charge in [-0.05, 0) is 36.4 Å². The minimum Gasteiger partial charge on any atom is -0.492 e. The van der Waals surface area contributed by atoms with Gasteiger partial charge in [0.15, 0.2) is 0 Å². The average Bonchev–Trinajstić information content (AvgIpc) is 3.13. The normalized spacial score (nSPS) is 16.0. The van der Waals surface area contributed by atoms with Crippen LogP contribution in [0.5, 0.6) is 5.75 Å². The Balaban J connectivity index is 1.56. The van der Waals surface area contributed by atoms with Crippen LogP contribution in [0.15, 0.2) is 59.7 Å². The number of benzene rings is 2. The Morgan fingerprint density at radius 1 is 1.19 bits per heavy atom. The molecular formula is C19H19ClN4O3. The molecule has 0 aromatic heterocycles. The summed E-state index contributed by atoms with van der Waals surface area (Å²) in [5.74, 6) is -0.216. The second-order valence-electron chi connectivity index (χ2n) is 5.91. The van der Waals surface area contributed by atoms with Gasteiger partial charge in [-0.3, -0.25) is 14.6 Å². The van der Waals surface area contributed by atoms with Crippen LogP contribution in [0.4, 0.5) is 5.69 Å². The third kappa shape index (κ3) is 4.77. The van der Waals surface area contributed by atoms with E-state index in [1.54, 1.807) is 36.4 Å². The molecule has 3 N–H and O–H groups in total. The molecule has 2 aromatic carbocycles. The number of halogens is 1. The highest BCUT2D eigenvalue weighted by Gasteiger charge is 2.34. The monoisotopic (exact) mass is 386 g/mol. The molecule has 1 unspecified atom stereocenters. The number of carbonyl (C=O) groups is 2. The van der Waals surface area contributed by atoms with Gasteiger partial charge < -0.3 is 15.8 Å². The summed E-state index contributed by atoms with van der Waals surface area (Å²) < 4.78 is 5.53. The Labute approximate surface area is 161 Å². The molecule has 27 heavy (non-hydrogen) atoms. The van der Waals surface area contributed by atoms with Crippen LogP contribution in [-0.2, 0) is 9.59 Å². The number of anilines is 1. The highest BCUT2D eigenvalue weighted by Crippen LogP contribution is 2.24. The minimum absolute atomic E-state index is 0.161. The first-order valence-electron chi connectivity index (χ1n) is 8.42. The van der Waals surface area contributed by atoms with Crippen LogP contribution in [-0.4, -0.2) is 36.7 Å². The summed E-state index contributed by atoms with van der Waals surface area (Å²) in [4.78, 5) is 24.1. The van der Waals surface area contributed by atoms with Crippen LogP contribution in [0.1, 0.15) is 6.42 Å². The van der Waals surface area contributed by atoms with Crippen molar-refractivity contribution in [3.05, 3.63) is 59.6 Å². The van der Waals surface area contributed by atoms with Crippen molar-refractivity contribution < 1.29 is 14.3 Å². The number of ether oxygens (including phenoxy) is 1. The number of carbonyl (C=O) groups excluding carboxylic acids is 2. The molecule has 1 heterocycles. The molecule has 0 spiro atoms. The minimum atomic E-state index is -0.682. The average molecular weight is 387 g/mol. The molecule has 0 aliphatic carbocycles. The molecule has 7 nitrogen and oxygen atoms in total. The summed E-state index contributed by atoms with van der Waals surface area (Å²) in [7, 11) is 0. The van der Waals surface area contributed by atoms with Crippen LogP contribution in [0.25, 0.3) is 0 Å². The summed E-state index contributed by atoms with van der Waals surface area (Å²) in [6, 6.07) is 15.4. The third-order valence-corrected chi connectivity index (χ3v) is 4.24. The molecule has 0 radical (unpaired) electrons. The number of hydrogen-bond donors (Lipinski definition) is 2. The molecule has 0 fully saturated rings. The van der Waals surface area contributed by atoms with Gasteiger partial charge in [0.2, 0.25) is 5.91 Å². The third-order valence-electron chi connectivity index (χ3n) is 3.99. The Hall–Kier alpha value is -3.06. The number of nitrogens with one attached hydrogen (secondary N) is 1. The molecule has 3 rings (SSSR count). The molecule has 2 amide bonds. The van der Waals surface area contributed by atoms with Crippen molar-refractivity contribution in [3.8, 4) is 5.75 Å². The maximum absolute atomic E-state index is 12.4. The quantitative estimate of drug-likeness (QED) is 0.711. The van der Waals surface area contributed by atoms with E-state index >= 15 is 0 Å². The number of hydrazone groups is 1. The highest BCUT2D eigenvalue weighted by molar-refractivity contribution is 6.40. The number of para-hydroxylation sites is 1. The van der Waals surface area contributed by atoms with Crippen LogP contribution in [0, 0.1) is 0 Å². The van der Waals surface area contributed by atoms with Crippen molar-refractivity contribution in [2.75, 3.05) is 18.2 Å². The lowest BCUT2D eigenvalue weighted by Crippen LogP contribution is -2.40. The van der Waals surface area contributed by atoms with E-state index in [9.17, 15) is 9.59 Å². The van der Waals surface area contributed by atoms with E-state index in [1.165, 1.54) is 5.01 Å². The molecule has 8 heteroatoms. The standard InChI is InChI=1S/C19H19ClN4O3/c20-13-6-8-15(9-7-13)27-11-10-22-19(26)16-12-17(18(21)25)24(23-16)14-4-2-1-3-5-14/h1-9,17H,10-12H2,(H2,21,25)(H,22,26). The van der Waals surface area contributed by atoms with Crippen molar-refractivity contribution in [1.82, 2.24) is 5.32 Å². The number of nitrogens with zero attached hydrogens (tertiary/aromatic N) is 2. The van der Waals surface area contributed by atoms with Gasteiger partial charge in [0.05, 0.1) is 12.2 Å². The molecular weight excluding hydrogens is 368 g/mol. The Bertz CT molecular complexity index is 840. The maximum atomic E-state index is 12.4. The van der Waals surface area contributed by atoms with E-state index in [2.05, 4.69) is 10.4 Å². The lowest BCUT2D eigenvalue weighted by Gasteiger charge is -2.20. The Kier molecular flexibility index (Phi) is 5.93. The fourth-order valence-electron chi connectivity index (χ4n) is 2.65. The maximum Gasteiger partial charge on any atom is 0.267 e. The van der Waals surface area contributed by atoms with Crippen LogP contribution < -0.4 is 20.8 Å².